The van der Waals surface area contributed by atoms with Gasteiger partial charge in [0.05, 0.1) is 6.54 Å². The van der Waals surface area contributed by atoms with Crippen LogP contribution in [0, 0.1) is 18.8 Å². The van der Waals surface area contributed by atoms with Crippen molar-refractivity contribution < 1.29 is 14.3 Å². The molecule has 0 heterocycles. The van der Waals surface area contributed by atoms with Gasteiger partial charge in [0.15, 0.2) is 0 Å². The zero-order chi connectivity index (χ0) is 15.2. The largest absolute Gasteiger partial charge is 0.444 e. The maximum atomic E-state index is 11.4. The number of benzene rings is 1. The zero-order valence-corrected chi connectivity index (χ0v) is 12.2. The lowest BCUT2D eigenvalue weighted by Gasteiger charge is -2.18. The van der Waals surface area contributed by atoms with Gasteiger partial charge in [-0.15, -0.1) is 0 Å². The lowest BCUT2D eigenvalue weighted by atomic mass is 10.1. The number of alkyl carbamates (subject to hydrolysis) is 1. The third-order valence-electron chi connectivity index (χ3n) is 2.35. The van der Waals surface area contributed by atoms with Gasteiger partial charge in [0.1, 0.15) is 11.9 Å². The van der Waals surface area contributed by atoms with Crippen molar-refractivity contribution in [2.45, 2.75) is 33.3 Å². The Balaban J connectivity index is 2.53. The van der Waals surface area contributed by atoms with Crippen LogP contribution in [0.4, 0.5) is 4.79 Å². The minimum Gasteiger partial charge on any atom is -0.444 e. The average molecular weight is 273 g/mol. The van der Waals surface area contributed by atoms with Crippen LogP contribution in [0.25, 0.3) is 0 Å². The SMILES string of the molecule is Cc1cc(C#CCNC(=O)OC(C)(C)C)ccc1C=O. The van der Waals surface area contributed by atoms with Crippen molar-refractivity contribution in [2.24, 2.45) is 0 Å². The van der Waals surface area contributed by atoms with Crippen molar-refractivity contribution in [3.8, 4) is 11.8 Å². The Kier molecular flexibility index (Phi) is 5.33. The Morgan fingerprint density at radius 1 is 1.40 bits per heavy atom. The molecule has 1 amide bonds. The monoisotopic (exact) mass is 273 g/mol. The molecule has 0 saturated heterocycles. The Morgan fingerprint density at radius 2 is 2.10 bits per heavy atom. The smallest absolute Gasteiger partial charge is 0.408 e. The highest BCUT2D eigenvalue weighted by molar-refractivity contribution is 5.77. The van der Waals surface area contributed by atoms with E-state index in [0.717, 1.165) is 17.4 Å². The van der Waals surface area contributed by atoms with Crippen molar-refractivity contribution in [2.75, 3.05) is 6.54 Å². The molecule has 0 fully saturated rings. The first-order valence-corrected chi connectivity index (χ1v) is 6.33. The summed E-state index contributed by atoms with van der Waals surface area (Å²) in [4.78, 5) is 22.1. The van der Waals surface area contributed by atoms with Gasteiger partial charge in [-0.25, -0.2) is 4.79 Å². The number of rotatable bonds is 2. The van der Waals surface area contributed by atoms with Gasteiger partial charge in [-0.1, -0.05) is 17.9 Å². The Morgan fingerprint density at radius 3 is 2.65 bits per heavy atom. The van der Waals surface area contributed by atoms with Crippen LogP contribution >= 0.6 is 0 Å². The van der Waals surface area contributed by atoms with E-state index >= 15 is 0 Å². The van der Waals surface area contributed by atoms with Crippen molar-refractivity contribution in [1.29, 1.82) is 0 Å². The topological polar surface area (TPSA) is 55.4 Å². The van der Waals surface area contributed by atoms with Crippen LogP contribution in [0.15, 0.2) is 18.2 Å². The second-order valence-corrected chi connectivity index (χ2v) is 5.35. The number of carbonyl (C=O) groups excluding carboxylic acids is 2. The number of carbonyl (C=O) groups is 2. The van der Waals surface area contributed by atoms with Gasteiger partial charge in [-0.3, -0.25) is 4.79 Å². The van der Waals surface area contributed by atoms with Gasteiger partial charge in [-0.2, -0.15) is 0 Å². The van der Waals surface area contributed by atoms with Crippen LogP contribution in [0.3, 0.4) is 0 Å². The maximum absolute atomic E-state index is 11.4. The zero-order valence-electron chi connectivity index (χ0n) is 12.2. The molecule has 0 saturated carbocycles. The van der Waals surface area contributed by atoms with Crippen LogP contribution in [0.1, 0.15) is 42.3 Å². The molecule has 4 heteroatoms. The summed E-state index contributed by atoms with van der Waals surface area (Å²) in [5.74, 6) is 5.75. The second-order valence-electron chi connectivity index (χ2n) is 5.35. The fourth-order valence-electron chi connectivity index (χ4n) is 1.46. The highest BCUT2D eigenvalue weighted by Crippen LogP contribution is 2.08. The van der Waals surface area contributed by atoms with E-state index in [2.05, 4.69) is 17.2 Å². The first-order valence-electron chi connectivity index (χ1n) is 6.33. The Labute approximate surface area is 119 Å². The van der Waals surface area contributed by atoms with Crippen LogP contribution in [0.2, 0.25) is 0 Å². The van der Waals surface area contributed by atoms with E-state index in [1.165, 1.54) is 0 Å². The molecule has 0 aliphatic heterocycles. The lowest BCUT2D eigenvalue weighted by molar-refractivity contribution is 0.0535. The van der Waals surface area contributed by atoms with Gasteiger partial charge in [0.2, 0.25) is 0 Å². The fraction of sp³-hybridized carbons (Fsp3) is 0.375. The molecule has 0 spiro atoms. The highest BCUT2D eigenvalue weighted by Gasteiger charge is 2.14. The van der Waals surface area contributed by atoms with E-state index in [-0.39, 0.29) is 6.54 Å². The predicted octanol–water partition coefficient (Wildman–Crippen LogP) is 2.68. The quantitative estimate of drug-likeness (QED) is 0.666. The van der Waals surface area contributed by atoms with Gasteiger partial charge in [0, 0.05) is 11.1 Å². The molecule has 0 radical (unpaired) electrons. The van der Waals surface area contributed by atoms with Crippen LogP contribution in [-0.2, 0) is 4.74 Å². The number of ether oxygens (including phenoxy) is 1. The summed E-state index contributed by atoms with van der Waals surface area (Å²) in [5, 5.41) is 2.56. The molecule has 0 bridgehead atoms. The van der Waals surface area contributed by atoms with Gasteiger partial charge >= 0.3 is 6.09 Å². The Hall–Kier alpha value is -2.28. The number of aldehydes is 1. The maximum Gasteiger partial charge on any atom is 0.408 e. The number of aryl methyl sites for hydroxylation is 1. The number of hydrogen-bond acceptors (Lipinski definition) is 3. The van der Waals surface area contributed by atoms with Crippen molar-refractivity contribution in [3.05, 3.63) is 34.9 Å². The van der Waals surface area contributed by atoms with Crippen molar-refractivity contribution >= 4 is 12.4 Å². The standard InChI is InChI=1S/C16H19NO3/c1-12-10-13(7-8-14(12)11-18)6-5-9-17-15(19)20-16(2,3)4/h7-8,10-11H,9H2,1-4H3,(H,17,19). The van der Waals surface area contributed by atoms with Crippen molar-refractivity contribution in [3.63, 3.8) is 0 Å². The third kappa shape index (κ3) is 5.57. The van der Waals surface area contributed by atoms with Gasteiger partial charge in [0.25, 0.3) is 0 Å². The average Bonchev–Trinajstić information content (AvgIpc) is 2.33. The summed E-state index contributed by atoms with van der Waals surface area (Å²) >= 11 is 0. The molecule has 0 aromatic heterocycles. The highest BCUT2D eigenvalue weighted by atomic mass is 16.6. The first kappa shape index (κ1) is 15.8. The summed E-state index contributed by atoms with van der Waals surface area (Å²) < 4.78 is 5.08. The normalized spacial score (nSPS) is 10.2. The summed E-state index contributed by atoms with van der Waals surface area (Å²) in [6, 6.07) is 5.34. The predicted molar refractivity (Wildman–Crippen MR) is 77.7 cm³/mol. The number of amides is 1. The molecule has 0 aliphatic carbocycles. The summed E-state index contributed by atoms with van der Waals surface area (Å²) in [6.07, 6.45) is 0.329. The molecule has 20 heavy (non-hydrogen) atoms. The van der Waals surface area contributed by atoms with E-state index in [4.69, 9.17) is 4.74 Å². The number of nitrogens with one attached hydrogen (secondary N) is 1. The van der Waals surface area contributed by atoms with E-state index in [0.29, 0.717) is 5.56 Å². The number of hydrogen-bond donors (Lipinski definition) is 1. The molecular formula is C16H19NO3. The molecule has 0 atom stereocenters. The van der Waals surface area contributed by atoms with Crippen molar-refractivity contribution in [1.82, 2.24) is 5.32 Å². The molecule has 4 nitrogen and oxygen atoms in total. The fourth-order valence-corrected chi connectivity index (χ4v) is 1.46. The van der Waals surface area contributed by atoms with E-state index in [9.17, 15) is 9.59 Å². The molecule has 106 valence electrons. The molecule has 1 aromatic carbocycles. The molecule has 1 rings (SSSR count). The molecule has 0 aliphatic rings. The van der Waals surface area contributed by atoms with Gasteiger partial charge < -0.3 is 10.1 Å². The summed E-state index contributed by atoms with van der Waals surface area (Å²) in [5.41, 5.74) is 1.83. The van der Waals surface area contributed by atoms with Crippen LogP contribution in [0.5, 0.6) is 0 Å². The van der Waals surface area contributed by atoms with E-state index in [1.807, 2.05) is 13.0 Å². The minimum atomic E-state index is -0.515. The van der Waals surface area contributed by atoms with E-state index in [1.54, 1.807) is 32.9 Å². The summed E-state index contributed by atoms with van der Waals surface area (Å²) in [7, 11) is 0. The van der Waals surface area contributed by atoms with Crippen LogP contribution < -0.4 is 5.32 Å². The molecule has 0 unspecified atom stereocenters. The molecule has 1 N–H and O–H groups in total. The first-order chi connectivity index (χ1) is 9.31. The Bertz CT molecular complexity index is 559. The molecule has 1 aromatic rings. The van der Waals surface area contributed by atoms with E-state index < -0.39 is 11.7 Å². The molecular weight excluding hydrogens is 254 g/mol. The third-order valence-corrected chi connectivity index (χ3v) is 2.35. The lowest BCUT2D eigenvalue weighted by Crippen LogP contribution is -2.32. The minimum absolute atomic E-state index is 0.212. The summed E-state index contributed by atoms with van der Waals surface area (Å²) in [6.45, 7) is 7.47. The van der Waals surface area contributed by atoms with Gasteiger partial charge in [-0.05, 0) is 45.4 Å². The van der Waals surface area contributed by atoms with Crippen LogP contribution in [-0.4, -0.2) is 24.5 Å². The second kappa shape index (κ2) is 6.76.